The van der Waals surface area contributed by atoms with E-state index in [1.54, 1.807) is 15.9 Å². The fourth-order valence-corrected chi connectivity index (χ4v) is 4.22. The maximum absolute atomic E-state index is 5.17. The van der Waals surface area contributed by atoms with Crippen molar-refractivity contribution >= 4 is 16.3 Å². The predicted molar refractivity (Wildman–Crippen MR) is 107 cm³/mol. The highest BCUT2D eigenvalue weighted by molar-refractivity contribution is 7.16. The van der Waals surface area contributed by atoms with E-state index in [2.05, 4.69) is 63.9 Å². The first-order chi connectivity index (χ1) is 13.8. The summed E-state index contributed by atoms with van der Waals surface area (Å²) < 4.78 is 6.92. The zero-order chi connectivity index (χ0) is 18.9. The number of aryl methyl sites for hydroxylation is 1. The minimum absolute atomic E-state index is 0.226. The Bertz CT molecular complexity index is 1170. The van der Waals surface area contributed by atoms with Crippen molar-refractivity contribution in [3.8, 4) is 11.5 Å². The molecule has 0 aliphatic rings. The molecule has 0 aliphatic carbocycles. The molecule has 0 bridgehead atoms. The summed E-state index contributed by atoms with van der Waals surface area (Å²) in [6, 6.07) is 22.9. The molecule has 0 unspecified atom stereocenters. The molecule has 3 aromatic heterocycles. The van der Waals surface area contributed by atoms with Crippen LogP contribution in [0.25, 0.3) is 16.5 Å². The molecule has 0 amide bonds. The van der Waals surface area contributed by atoms with E-state index < -0.39 is 0 Å². The van der Waals surface area contributed by atoms with Gasteiger partial charge in [0.05, 0.1) is 0 Å². The van der Waals surface area contributed by atoms with Crippen LogP contribution in [0.2, 0.25) is 0 Å². The lowest BCUT2D eigenvalue weighted by Gasteiger charge is -2.16. The van der Waals surface area contributed by atoms with Gasteiger partial charge in [0.15, 0.2) is 5.69 Å². The fraction of sp³-hybridized carbons (Fsp3) is 0.143. The van der Waals surface area contributed by atoms with Crippen LogP contribution in [0.4, 0.5) is 0 Å². The molecule has 138 valence electrons. The van der Waals surface area contributed by atoms with Crippen molar-refractivity contribution in [1.29, 1.82) is 0 Å². The molecule has 5 aromatic rings. The summed E-state index contributed by atoms with van der Waals surface area (Å²) in [5.74, 6) is 1.56. The zero-order valence-corrected chi connectivity index (χ0v) is 16.0. The summed E-state index contributed by atoms with van der Waals surface area (Å²) in [6.45, 7) is 1.85. The Morgan fingerprint density at radius 1 is 0.964 bits per heavy atom. The number of fused-ring (bicyclic) bond motifs is 1. The highest BCUT2D eigenvalue weighted by Gasteiger charge is 2.20. The van der Waals surface area contributed by atoms with Gasteiger partial charge in [-0.2, -0.15) is 9.61 Å². The van der Waals surface area contributed by atoms with E-state index in [1.807, 2.05) is 25.1 Å². The molecule has 2 aromatic carbocycles. The van der Waals surface area contributed by atoms with Crippen LogP contribution in [-0.2, 0) is 6.42 Å². The Morgan fingerprint density at radius 2 is 1.64 bits per heavy atom. The monoisotopic (exact) mass is 387 g/mol. The lowest BCUT2D eigenvalue weighted by Crippen LogP contribution is -2.05. The van der Waals surface area contributed by atoms with E-state index in [4.69, 9.17) is 9.62 Å². The van der Waals surface area contributed by atoms with Gasteiger partial charge in [-0.25, -0.2) is 0 Å². The third-order valence-electron chi connectivity index (χ3n) is 4.67. The second-order valence-electron chi connectivity index (χ2n) is 6.61. The van der Waals surface area contributed by atoms with E-state index in [1.165, 1.54) is 11.1 Å². The lowest BCUT2D eigenvalue weighted by molar-refractivity contribution is 0.399. The average molecular weight is 387 g/mol. The molecular formula is C21H17N5OS. The van der Waals surface area contributed by atoms with Gasteiger partial charge < -0.3 is 4.52 Å². The smallest absolute Gasteiger partial charge is 0.235 e. The van der Waals surface area contributed by atoms with Crippen LogP contribution in [0.15, 0.2) is 71.3 Å². The molecule has 0 radical (unpaired) electrons. The molecule has 3 heterocycles. The van der Waals surface area contributed by atoms with Gasteiger partial charge in [0.2, 0.25) is 10.8 Å². The van der Waals surface area contributed by atoms with Crippen LogP contribution in [0.5, 0.6) is 0 Å². The number of rotatable bonds is 5. The second kappa shape index (κ2) is 7.01. The highest BCUT2D eigenvalue weighted by atomic mass is 32.1. The van der Waals surface area contributed by atoms with Crippen LogP contribution in [0.3, 0.4) is 0 Å². The van der Waals surface area contributed by atoms with E-state index in [0.717, 1.165) is 22.1 Å². The van der Waals surface area contributed by atoms with Gasteiger partial charge in [-0.3, -0.25) is 0 Å². The minimum atomic E-state index is 0.226. The molecule has 0 fully saturated rings. The number of nitrogens with zero attached hydrogens (tertiary/aromatic N) is 5. The maximum atomic E-state index is 5.17. The zero-order valence-electron chi connectivity index (χ0n) is 15.2. The molecule has 0 saturated carbocycles. The van der Waals surface area contributed by atoms with Gasteiger partial charge in [-0.1, -0.05) is 77.2 Å². The van der Waals surface area contributed by atoms with Crippen molar-refractivity contribution < 1.29 is 4.52 Å². The highest BCUT2D eigenvalue weighted by Crippen LogP contribution is 2.30. The summed E-state index contributed by atoms with van der Waals surface area (Å²) in [6.07, 6.45) is 0.791. The number of benzene rings is 2. The van der Waals surface area contributed by atoms with Gasteiger partial charge in [-0.15, -0.1) is 10.2 Å². The lowest BCUT2D eigenvalue weighted by atomic mass is 9.89. The Kier molecular flexibility index (Phi) is 4.21. The average Bonchev–Trinajstić information content (AvgIpc) is 3.43. The molecule has 0 aliphatic heterocycles. The minimum Gasteiger partial charge on any atom is -0.361 e. The first kappa shape index (κ1) is 16.8. The second-order valence-corrected chi connectivity index (χ2v) is 7.66. The van der Waals surface area contributed by atoms with Crippen LogP contribution in [0, 0.1) is 6.92 Å². The maximum Gasteiger partial charge on any atom is 0.235 e. The Balaban J connectivity index is 1.53. The number of aromatic nitrogens is 5. The molecule has 0 atom stereocenters. The number of hydrogen-bond acceptors (Lipinski definition) is 6. The van der Waals surface area contributed by atoms with E-state index >= 15 is 0 Å². The standard InChI is InChI=1S/C21H17N5OS/c1-14-12-18(25-27-14)20-22-23-21-26(20)24-19(28-21)13-17(15-8-4-2-5-9-15)16-10-6-3-7-11-16/h2-12,17H,13H2,1H3. The summed E-state index contributed by atoms with van der Waals surface area (Å²) in [4.78, 5) is 0.755. The van der Waals surface area contributed by atoms with Crippen LogP contribution in [-0.4, -0.2) is 25.0 Å². The van der Waals surface area contributed by atoms with Gasteiger partial charge in [0, 0.05) is 18.4 Å². The Labute approximate surface area is 165 Å². The van der Waals surface area contributed by atoms with Crippen molar-refractivity contribution in [2.24, 2.45) is 0 Å². The fourth-order valence-electron chi connectivity index (χ4n) is 3.34. The molecule has 0 N–H and O–H groups in total. The predicted octanol–water partition coefficient (Wildman–Crippen LogP) is 4.52. The van der Waals surface area contributed by atoms with Crippen LogP contribution >= 0.6 is 11.3 Å². The summed E-state index contributed by atoms with van der Waals surface area (Å²) in [7, 11) is 0. The molecular weight excluding hydrogens is 370 g/mol. The quantitative estimate of drug-likeness (QED) is 0.443. The van der Waals surface area contributed by atoms with E-state index in [-0.39, 0.29) is 5.92 Å². The van der Waals surface area contributed by atoms with Crippen molar-refractivity contribution in [2.45, 2.75) is 19.3 Å². The summed E-state index contributed by atoms with van der Waals surface area (Å²) in [5, 5.41) is 18.3. The van der Waals surface area contributed by atoms with Gasteiger partial charge in [0.1, 0.15) is 10.8 Å². The molecule has 28 heavy (non-hydrogen) atoms. The van der Waals surface area contributed by atoms with Crippen LogP contribution < -0.4 is 0 Å². The van der Waals surface area contributed by atoms with Crippen molar-refractivity contribution in [3.63, 3.8) is 0 Å². The third-order valence-corrected chi connectivity index (χ3v) is 5.59. The Hall–Kier alpha value is -3.32. The first-order valence-electron chi connectivity index (χ1n) is 9.02. The molecule has 0 spiro atoms. The molecule has 5 rings (SSSR count). The van der Waals surface area contributed by atoms with E-state index in [9.17, 15) is 0 Å². The first-order valence-corrected chi connectivity index (χ1v) is 9.84. The van der Waals surface area contributed by atoms with Crippen molar-refractivity contribution in [3.05, 3.63) is 88.6 Å². The summed E-state index contributed by atoms with van der Waals surface area (Å²) in [5.41, 5.74) is 3.18. The topological polar surface area (TPSA) is 69.1 Å². The third kappa shape index (κ3) is 3.10. The Morgan fingerprint density at radius 3 is 2.25 bits per heavy atom. The normalized spacial score (nSPS) is 11.5. The van der Waals surface area contributed by atoms with Crippen LogP contribution in [0.1, 0.15) is 27.8 Å². The van der Waals surface area contributed by atoms with Gasteiger partial charge in [0.25, 0.3) is 0 Å². The largest absolute Gasteiger partial charge is 0.361 e. The SMILES string of the molecule is Cc1cc(-c2nnc3sc(CC(c4ccccc4)c4ccccc4)nn23)no1. The molecule has 6 nitrogen and oxygen atoms in total. The van der Waals surface area contributed by atoms with Crippen molar-refractivity contribution in [1.82, 2.24) is 25.0 Å². The van der Waals surface area contributed by atoms with Crippen molar-refractivity contribution in [2.75, 3.05) is 0 Å². The summed E-state index contributed by atoms with van der Waals surface area (Å²) >= 11 is 1.56. The number of hydrogen-bond donors (Lipinski definition) is 0. The van der Waals surface area contributed by atoms with Gasteiger partial charge in [-0.05, 0) is 18.1 Å². The van der Waals surface area contributed by atoms with E-state index in [0.29, 0.717) is 11.5 Å². The van der Waals surface area contributed by atoms with Gasteiger partial charge >= 0.3 is 0 Å². The molecule has 7 heteroatoms. The molecule has 0 saturated heterocycles.